The Hall–Kier alpha value is -1.75. The van der Waals surface area contributed by atoms with Gasteiger partial charge in [0, 0.05) is 18.9 Å². The summed E-state index contributed by atoms with van der Waals surface area (Å²) in [5.74, 6) is 0.0799. The highest BCUT2D eigenvalue weighted by molar-refractivity contribution is 5.91. The largest absolute Gasteiger partial charge is 0.497 e. The summed E-state index contributed by atoms with van der Waals surface area (Å²) in [6.07, 6.45) is -0.137. The van der Waals surface area contributed by atoms with Gasteiger partial charge in [-0.25, -0.2) is 4.79 Å². The maximum absolute atomic E-state index is 11.7. The lowest BCUT2D eigenvalue weighted by atomic mass is 10.2. The van der Waals surface area contributed by atoms with Gasteiger partial charge in [-0.15, -0.1) is 0 Å². The molecule has 0 bridgehead atoms. The fourth-order valence-electron chi connectivity index (χ4n) is 1.20. The van der Waals surface area contributed by atoms with Crippen molar-refractivity contribution < 1.29 is 19.0 Å². The van der Waals surface area contributed by atoms with Crippen molar-refractivity contribution in [2.24, 2.45) is 0 Å². The van der Waals surface area contributed by atoms with E-state index in [0.29, 0.717) is 17.0 Å². The van der Waals surface area contributed by atoms with Crippen LogP contribution in [0.2, 0.25) is 0 Å². The van der Waals surface area contributed by atoms with Crippen molar-refractivity contribution in [2.75, 3.05) is 26.6 Å². The van der Waals surface area contributed by atoms with Gasteiger partial charge in [-0.1, -0.05) is 0 Å². The van der Waals surface area contributed by atoms with Gasteiger partial charge in [-0.3, -0.25) is 0 Å². The molecule has 0 aliphatic rings. The average Bonchev–Trinajstić information content (AvgIpc) is 2.34. The van der Waals surface area contributed by atoms with E-state index in [9.17, 15) is 4.79 Å². The Balaban J connectivity index is 2.71. The predicted octanol–water partition coefficient (Wildman–Crippen LogP) is 1.47. The van der Waals surface area contributed by atoms with E-state index >= 15 is 0 Å². The van der Waals surface area contributed by atoms with Crippen LogP contribution < -0.4 is 10.5 Å². The number of rotatable bonds is 5. The summed E-state index contributed by atoms with van der Waals surface area (Å²) >= 11 is 0. The molecule has 94 valence electrons. The molecule has 17 heavy (non-hydrogen) atoms. The van der Waals surface area contributed by atoms with E-state index in [-0.39, 0.29) is 12.7 Å². The molecule has 1 atom stereocenters. The Morgan fingerprint density at radius 2 is 2.06 bits per heavy atom. The Kier molecular flexibility index (Phi) is 4.78. The maximum Gasteiger partial charge on any atom is 0.338 e. The number of methoxy groups -OCH3 is 2. The zero-order valence-corrected chi connectivity index (χ0v) is 10.2. The molecule has 1 unspecified atom stereocenters. The molecule has 1 aromatic rings. The summed E-state index contributed by atoms with van der Waals surface area (Å²) in [5.41, 5.74) is 6.46. The highest BCUT2D eigenvalue weighted by atomic mass is 16.6. The van der Waals surface area contributed by atoms with Crippen molar-refractivity contribution in [1.29, 1.82) is 0 Å². The number of esters is 1. The summed E-state index contributed by atoms with van der Waals surface area (Å²) in [6, 6.07) is 4.76. The van der Waals surface area contributed by atoms with Crippen molar-refractivity contribution in [1.82, 2.24) is 0 Å². The number of nitrogen functional groups attached to an aromatic ring is 1. The van der Waals surface area contributed by atoms with Crippen LogP contribution in [0.5, 0.6) is 5.75 Å². The molecule has 0 heterocycles. The van der Waals surface area contributed by atoms with Gasteiger partial charge in [0.05, 0.1) is 18.8 Å². The molecule has 0 amide bonds. The van der Waals surface area contributed by atoms with Gasteiger partial charge in [0.15, 0.2) is 0 Å². The van der Waals surface area contributed by atoms with Gasteiger partial charge in [-0.05, 0) is 19.1 Å². The predicted molar refractivity (Wildman–Crippen MR) is 64.2 cm³/mol. The van der Waals surface area contributed by atoms with Crippen LogP contribution in [0, 0.1) is 0 Å². The third-order valence-electron chi connectivity index (χ3n) is 2.25. The first-order valence-electron chi connectivity index (χ1n) is 5.21. The zero-order valence-electron chi connectivity index (χ0n) is 10.2. The van der Waals surface area contributed by atoms with Crippen LogP contribution in [0.1, 0.15) is 17.3 Å². The van der Waals surface area contributed by atoms with Gasteiger partial charge >= 0.3 is 5.97 Å². The number of benzene rings is 1. The van der Waals surface area contributed by atoms with E-state index in [1.54, 1.807) is 25.3 Å². The topological polar surface area (TPSA) is 70.8 Å². The van der Waals surface area contributed by atoms with Crippen molar-refractivity contribution in [2.45, 2.75) is 13.0 Å². The molecular formula is C12H17NO4. The number of ether oxygens (including phenoxy) is 3. The summed E-state index contributed by atoms with van der Waals surface area (Å²) in [7, 11) is 3.07. The Morgan fingerprint density at radius 1 is 1.35 bits per heavy atom. The smallest absolute Gasteiger partial charge is 0.338 e. The van der Waals surface area contributed by atoms with Crippen LogP contribution in [0.15, 0.2) is 18.2 Å². The second kappa shape index (κ2) is 6.10. The molecule has 5 nitrogen and oxygen atoms in total. The first-order valence-corrected chi connectivity index (χ1v) is 5.21. The molecule has 0 radical (unpaired) electrons. The monoisotopic (exact) mass is 239 g/mol. The molecule has 0 aliphatic carbocycles. The Labute approximate surface area is 100 Å². The summed E-state index contributed by atoms with van der Waals surface area (Å²) < 4.78 is 15.1. The third-order valence-corrected chi connectivity index (χ3v) is 2.25. The Bertz CT molecular complexity index is 392. The maximum atomic E-state index is 11.7. The van der Waals surface area contributed by atoms with E-state index in [1.807, 2.05) is 6.92 Å². The Morgan fingerprint density at radius 3 is 2.65 bits per heavy atom. The van der Waals surface area contributed by atoms with E-state index in [1.165, 1.54) is 7.11 Å². The quantitative estimate of drug-likeness (QED) is 0.622. The lowest BCUT2D eigenvalue weighted by Crippen LogP contribution is -2.17. The minimum Gasteiger partial charge on any atom is -0.497 e. The van der Waals surface area contributed by atoms with E-state index in [2.05, 4.69) is 0 Å². The first-order chi connectivity index (χ1) is 8.06. The van der Waals surface area contributed by atoms with Gasteiger partial charge in [0.2, 0.25) is 0 Å². The standard InChI is InChI=1S/C12H17NO4/c1-8(15-2)7-17-12(14)9-4-10(13)6-11(5-9)16-3/h4-6,8H,7,13H2,1-3H3. The minimum absolute atomic E-state index is 0.137. The minimum atomic E-state index is -0.445. The fraction of sp³-hybridized carbons (Fsp3) is 0.417. The summed E-state index contributed by atoms with van der Waals surface area (Å²) in [6.45, 7) is 2.01. The molecule has 0 saturated carbocycles. The van der Waals surface area contributed by atoms with Crippen molar-refractivity contribution in [3.63, 3.8) is 0 Å². The average molecular weight is 239 g/mol. The zero-order chi connectivity index (χ0) is 12.8. The fourth-order valence-corrected chi connectivity index (χ4v) is 1.20. The van der Waals surface area contributed by atoms with Gasteiger partial charge in [-0.2, -0.15) is 0 Å². The SMILES string of the molecule is COc1cc(N)cc(C(=O)OCC(C)OC)c1. The molecule has 2 N–H and O–H groups in total. The van der Waals surface area contributed by atoms with Crippen LogP contribution in [0.25, 0.3) is 0 Å². The summed E-state index contributed by atoms with van der Waals surface area (Å²) in [4.78, 5) is 11.7. The molecule has 0 saturated heterocycles. The van der Waals surface area contributed by atoms with Crippen molar-refractivity contribution >= 4 is 11.7 Å². The normalized spacial score (nSPS) is 11.9. The van der Waals surface area contributed by atoms with Crippen molar-refractivity contribution in [3.8, 4) is 5.75 Å². The number of hydrogen-bond donors (Lipinski definition) is 1. The van der Waals surface area contributed by atoms with Crippen LogP contribution in [-0.4, -0.2) is 32.9 Å². The number of hydrogen-bond acceptors (Lipinski definition) is 5. The molecule has 1 rings (SSSR count). The van der Waals surface area contributed by atoms with Gasteiger partial charge < -0.3 is 19.9 Å². The highest BCUT2D eigenvalue weighted by Crippen LogP contribution is 2.19. The van der Waals surface area contributed by atoms with Crippen molar-refractivity contribution in [3.05, 3.63) is 23.8 Å². The molecule has 1 aromatic carbocycles. The molecular weight excluding hydrogens is 222 g/mol. The molecule has 0 fully saturated rings. The van der Waals surface area contributed by atoms with E-state index in [4.69, 9.17) is 19.9 Å². The number of anilines is 1. The van der Waals surface area contributed by atoms with Crippen LogP contribution in [-0.2, 0) is 9.47 Å². The van der Waals surface area contributed by atoms with Gasteiger partial charge in [0.1, 0.15) is 12.4 Å². The summed E-state index contributed by atoms with van der Waals surface area (Å²) in [5, 5.41) is 0. The van der Waals surface area contributed by atoms with E-state index < -0.39 is 5.97 Å². The first kappa shape index (κ1) is 13.3. The second-order valence-electron chi connectivity index (χ2n) is 3.64. The lowest BCUT2D eigenvalue weighted by Gasteiger charge is -2.11. The van der Waals surface area contributed by atoms with Crippen LogP contribution in [0.4, 0.5) is 5.69 Å². The molecule has 0 spiro atoms. The number of carbonyl (C=O) groups excluding carboxylic acids is 1. The highest BCUT2D eigenvalue weighted by Gasteiger charge is 2.11. The van der Waals surface area contributed by atoms with E-state index in [0.717, 1.165) is 0 Å². The van der Waals surface area contributed by atoms with Crippen LogP contribution >= 0.6 is 0 Å². The lowest BCUT2D eigenvalue weighted by molar-refractivity contribution is 0.0169. The molecule has 5 heteroatoms. The van der Waals surface area contributed by atoms with Gasteiger partial charge in [0.25, 0.3) is 0 Å². The molecule has 0 aromatic heterocycles. The van der Waals surface area contributed by atoms with Crippen LogP contribution in [0.3, 0.4) is 0 Å². The molecule has 0 aliphatic heterocycles. The number of carbonyl (C=O) groups is 1. The third kappa shape index (κ3) is 3.96. The number of nitrogens with two attached hydrogens (primary N) is 1. The second-order valence-corrected chi connectivity index (χ2v) is 3.64.